The van der Waals surface area contributed by atoms with Gasteiger partial charge >= 0.3 is 0 Å². The smallest absolute Gasteiger partial charge is 0.269 e. The van der Waals surface area contributed by atoms with E-state index in [1.165, 1.54) is 23.3 Å². The van der Waals surface area contributed by atoms with Crippen LogP contribution in [0.5, 0.6) is 0 Å². The number of anilines is 1. The minimum Gasteiger partial charge on any atom is -0.394 e. The lowest BCUT2D eigenvalue weighted by Crippen LogP contribution is -2.33. The maximum Gasteiger partial charge on any atom is 0.269 e. The Morgan fingerprint density at radius 1 is 1.26 bits per heavy atom. The predicted octanol–water partition coefficient (Wildman–Crippen LogP) is 0.445. The number of hydrogen-bond donors (Lipinski definition) is 4. The van der Waals surface area contributed by atoms with E-state index >= 15 is 0 Å². The molecule has 5 unspecified atom stereocenters. The largest absolute Gasteiger partial charge is 0.394 e. The third kappa shape index (κ3) is 3.20. The zero-order valence-corrected chi connectivity index (χ0v) is 16.2. The first kappa shape index (κ1) is 19.8. The molecule has 2 aromatic heterocycles. The number of benzene rings is 1. The van der Waals surface area contributed by atoms with Crippen LogP contribution >= 0.6 is 0 Å². The van der Waals surface area contributed by atoms with Crippen molar-refractivity contribution in [2.75, 3.05) is 11.9 Å². The van der Waals surface area contributed by atoms with Crippen molar-refractivity contribution < 1.29 is 25.0 Å². The van der Waals surface area contributed by atoms with E-state index in [-0.39, 0.29) is 11.7 Å². The lowest BCUT2D eigenvalue weighted by Gasteiger charge is -2.17. The number of aliphatic hydroxyl groups is 3. The molecule has 3 heterocycles. The summed E-state index contributed by atoms with van der Waals surface area (Å²) < 4.78 is 7.07. The predicted molar refractivity (Wildman–Crippen MR) is 106 cm³/mol. The molecule has 162 valence electrons. The standard InChI is InChI=1S/C19H20N6O6/c26-6-13-15(27)16(28)19(31-13)24-8-22-14-17(20-7-21-18(14)24)23-12-4-1-9-5-10(25(29)30)2-3-11(9)12/h2-3,5,7-8,12-13,15-16,19,26-28H,1,4,6H2,(H,20,21,23). The molecule has 12 heteroatoms. The van der Waals surface area contributed by atoms with Gasteiger partial charge in [-0.1, -0.05) is 0 Å². The normalized spacial score (nSPS) is 27.5. The van der Waals surface area contributed by atoms with Crippen molar-refractivity contribution in [2.24, 2.45) is 0 Å². The molecule has 2 aliphatic rings. The molecule has 0 radical (unpaired) electrons. The first-order valence-electron chi connectivity index (χ1n) is 9.81. The molecule has 5 rings (SSSR count). The Hall–Kier alpha value is -3.19. The summed E-state index contributed by atoms with van der Waals surface area (Å²) >= 11 is 0. The number of nitro benzene ring substituents is 1. The Morgan fingerprint density at radius 3 is 2.84 bits per heavy atom. The number of non-ortho nitro benzene ring substituents is 1. The highest BCUT2D eigenvalue weighted by Crippen LogP contribution is 2.37. The second-order valence-corrected chi connectivity index (χ2v) is 7.65. The first-order valence-corrected chi connectivity index (χ1v) is 9.81. The van der Waals surface area contributed by atoms with Crippen molar-refractivity contribution in [3.8, 4) is 0 Å². The van der Waals surface area contributed by atoms with Gasteiger partial charge in [-0.25, -0.2) is 15.0 Å². The molecule has 1 saturated heterocycles. The van der Waals surface area contributed by atoms with Crippen LogP contribution in [0, 0.1) is 10.1 Å². The van der Waals surface area contributed by atoms with Crippen molar-refractivity contribution in [2.45, 2.75) is 43.4 Å². The molecular formula is C19H20N6O6. The van der Waals surface area contributed by atoms with Gasteiger partial charge in [-0.3, -0.25) is 14.7 Å². The van der Waals surface area contributed by atoms with Crippen LogP contribution in [0.25, 0.3) is 11.2 Å². The molecule has 0 amide bonds. The quantitative estimate of drug-likeness (QED) is 0.330. The van der Waals surface area contributed by atoms with Crippen LogP contribution in [0.3, 0.4) is 0 Å². The van der Waals surface area contributed by atoms with Gasteiger partial charge in [0.2, 0.25) is 0 Å². The number of ether oxygens (including phenoxy) is 1. The highest BCUT2D eigenvalue weighted by atomic mass is 16.6. The maximum atomic E-state index is 11.0. The lowest BCUT2D eigenvalue weighted by molar-refractivity contribution is -0.384. The molecule has 1 aliphatic carbocycles. The molecule has 1 aliphatic heterocycles. The fourth-order valence-corrected chi connectivity index (χ4v) is 4.29. The minimum absolute atomic E-state index is 0.0704. The topological polar surface area (TPSA) is 169 Å². The van der Waals surface area contributed by atoms with Crippen molar-refractivity contribution in [1.82, 2.24) is 19.5 Å². The van der Waals surface area contributed by atoms with Crippen molar-refractivity contribution >= 4 is 22.7 Å². The third-order valence-corrected chi connectivity index (χ3v) is 5.88. The van der Waals surface area contributed by atoms with Crippen LogP contribution < -0.4 is 5.32 Å². The van der Waals surface area contributed by atoms with E-state index in [0.717, 1.165) is 17.5 Å². The monoisotopic (exact) mass is 428 g/mol. The Kier molecular flexibility index (Phi) is 4.78. The van der Waals surface area contributed by atoms with E-state index in [1.807, 2.05) is 0 Å². The molecule has 1 aromatic carbocycles. The van der Waals surface area contributed by atoms with Crippen LogP contribution in [0.2, 0.25) is 0 Å². The molecular weight excluding hydrogens is 408 g/mol. The molecule has 0 saturated carbocycles. The van der Waals surface area contributed by atoms with Gasteiger partial charge in [-0.2, -0.15) is 0 Å². The summed E-state index contributed by atoms with van der Waals surface area (Å²) in [6.45, 7) is -0.428. The van der Waals surface area contributed by atoms with Gasteiger partial charge in [0.05, 0.1) is 23.9 Å². The first-order chi connectivity index (χ1) is 15.0. The summed E-state index contributed by atoms with van der Waals surface area (Å²) in [6, 6.07) is 4.76. The highest BCUT2D eigenvalue weighted by Gasteiger charge is 2.44. The molecule has 3 aromatic rings. The molecule has 12 nitrogen and oxygen atoms in total. The summed E-state index contributed by atoms with van der Waals surface area (Å²) in [6.07, 6.45) is -0.0858. The summed E-state index contributed by atoms with van der Waals surface area (Å²) in [5.41, 5.74) is 2.82. The zero-order chi connectivity index (χ0) is 21.7. The molecule has 1 fully saturated rings. The summed E-state index contributed by atoms with van der Waals surface area (Å²) in [4.78, 5) is 23.5. The zero-order valence-electron chi connectivity index (χ0n) is 16.2. The fourth-order valence-electron chi connectivity index (χ4n) is 4.29. The Morgan fingerprint density at radius 2 is 2.10 bits per heavy atom. The van der Waals surface area contributed by atoms with E-state index in [9.17, 15) is 25.4 Å². The second kappa shape index (κ2) is 7.50. The maximum absolute atomic E-state index is 11.0. The fraction of sp³-hybridized carbons (Fsp3) is 0.421. The molecule has 31 heavy (non-hydrogen) atoms. The van der Waals surface area contributed by atoms with Crippen LogP contribution in [-0.4, -0.2) is 64.7 Å². The van der Waals surface area contributed by atoms with Crippen molar-refractivity contribution in [3.05, 3.63) is 52.1 Å². The summed E-state index contributed by atoms with van der Waals surface area (Å²) in [5.74, 6) is 0.478. The van der Waals surface area contributed by atoms with Crippen molar-refractivity contribution in [3.63, 3.8) is 0 Å². The highest BCUT2D eigenvalue weighted by molar-refractivity contribution is 5.83. The number of aryl methyl sites for hydroxylation is 1. The number of nitrogens with one attached hydrogen (secondary N) is 1. The molecule has 5 atom stereocenters. The average Bonchev–Trinajstić information content (AvgIpc) is 3.45. The number of nitro groups is 1. The van der Waals surface area contributed by atoms with E-state index in [2.05, 4.69) is 20.3 Å². The van der Waals surface area contributed by atoms with E-state index in [1.54, 1.807) is 12.1 Å². The minimum atomic E-state index is -1.25. The van der Waals surface area contributed by atoms with Crippen LogP contribution in [0.4, 0.5) is 11.5 Å². The number of hydrogen-bond acceptors (Lipinski definition) is 10. The Bertz CT molecular complexity index is 1150. The van der Waals surface area contributed by atoms with Crippen LogP contribution in [0.15, 0.2) is 30.9 Å². The SMILES string of the molecule is O=[N+]([O-])c1ccc2c(c1)CCC2Nc1ncnc2c1ncn2C1OC(CO)C(O)C1O. The van der Waals surface area contributed by atoms with Gasteiger partial charge < -0.3 is 25.4 Å². The van der Waals surface area contributed by atoms with Gasteiger partial charge in [0.25, 0.3) is 5.69 Å². The second-order valence-electron chi connectivity index (χ2n) is 7.65. The van der Waals surface area contributed by atoms with Crippen LogP contribution in [0.1, 0.15) is 29.8 Å². The summed E-state index contributed by atoms with van der Waals surface area (Å²) in [7, 11) is 0. The number of imidazole rings is 1. The Balaban J connectivity index is 1.44. The Labute approximate surface area is 175 Å². The van der Waals surface area contributed by atoms with E-state index in [4.69, 9.17) is 4.74 Å². The molecule has 4 N–H and O–H groups in total. The van der Waals surface area contributed by atoms with Gasteiger partial charge in [0, 0.05) is 12.1 Å². The van der Waals surface area contributed by atoms with Gasteiger partial charge in [-0.15, -0.1) is 0 Å². The van der Waals surface area contributed by atoms with Crippen LogP contribution in [-0.2, 0) is 11.2 Å². The van der Waals surface area contributed by atoms with Crippen molar-refractivity contribution in [1.29, 1.82) is 0 Å². The average molecular weight is 428 g/mol. The van der Waals surface area contributed by atoms with Gasteiger partial charge in [-0.05, 0) is 30.0 Å². The third-order valence-electron chi connectivity index (χ3n) is 5.88. The van der Waals surface area contributed by atoms with E-state index in [0.29, 0.717) is 23.4 Å². The van der Waals surface area contributed by atoms with E-state index < -0.39 is 36.1 Å². The summed E-state index contributed by atoms with van der Waals surface area (Å²) in [5, 5.41) is 44.0. The molecule has 0 spiro atoms. The number of rotatable bonds is 5. The number of fused-ring (bicyclic) bond motifs is 2. The lowest BCUT2D eigenvalue weighted by atomic mass is 10.1. The molecule has 0 bridgehead atoms. The number of aromatic nitrogens is 4. The van der Waals surface area contributed by atoms with Gasteiger partial charge in [0.1, 0.15) is 24.6 Å². The number of nitrogens with zero attached hydrogens (tertiary/aromatic N) is 5. The number of aliphatic hydroxyl groups excluding tert-OH is 3. The van der Waals surface area contributed by atoms with Gasteiger partial charge in [0.15, 0.2) is 23.2 Å².